The third kappa shape index (κ3) is 2.43. The van der Waals surface area contributed by atoms with Crippen molar-refractivity contribution in [1.29, 1.82) is 5.26 Å². The van der Waals surface area contributed by atoms with Crippen molar-refractivity contribution >= 4 is 11.7 Å². The molecule has 0 atom stereocenters. The fourth-order valence-electron chi connectivity index (χ4n) is 2.24. The van der Waals surface area contributed by atoms with Crippen molar-refractivity contribution in [2.75, 3.05) is 5.32 Å². The van der Waals surface area contributed by atoms with E-state index >= 15 is 0 Å². The van der Waals surface area contributed by atoms with Gasteiger partial charge in [-0.25, -0.2) is 4.39 Å². The summed E-state index contributed by atoms with van der Waals surface area (Å²) in [5, 5.41) is 20.9. The van der Waals surface area contributed by atoms with E-state index in [4.69, 9.17) is 10.4 Å². The van der Waals surface area contributed by atoms with E-state index in [0.29, 0.717) is 5.69 Å². The maximum absolute atomic E-state index is 13.0. The van der Waals surface area contributed by atoms with Crippen LogP contribution in [-0.4, -0.2) is 16.6 Å². The molecule has 1 aromatic carbocycles. The number of carboxylic acids is 1. The maximum Gasteiger partial charge on any atom is 0.305 e. The van der Waals surface area contributed by atoms with Crippen molar-refractivity contribution in [3.63, 3.8) is 0 Å². The van der Waals surface area contributed by atoms with E-state index in [9.17, 15) is 9.18 Å². The van der Waals surface area contributed by atoms with Gasteiger partial charge < -0.3 is 10.4 Å². The van der Waals surface area contributed by atoms with Crippen LogP contribution in [0.4, 0.5) is 10.1 Å². The third-order valence-corrected chi connectivity index (χ3v) is 3.30. The molecule has 1 fully saturated rings. The summed E-state index contributed by atoms with van der Waals surface area (Å²) in [6.07, 6.45) is 2.47. The van der Waals surface area contributed by atoms with Crippen LogP contribution in [0.1, 0.15) is 31.2 Å². The van der Waals surface area contributed by atoms with Crippen LogP contribution in [0.2, 0.25) is 0 Å². The first-order valence-electron chi connectivity index (χ1n) is 5.74. The number of aliphatic carboxylic acids is 1. The Morgan fingerprint density at radius 3 is 2.78 bits per heavy atom. The van der Waals surface area contributed by atoms with Gasteiger partial charge in [0.2, 0.25) is 0 Å². The molecule has 1 aliphatic carbocycles. The number of carbonyl (C=O) groups is 1. The van der Waals surface area contributed by atoms with Gasteiger partial charge in [-0.1, -0.05) is 0 Å². The molecule has 1 saturated carbocycles. The molecule has 1 aromatic rings. The molecule has 94 valence electrons. The summed E-state index contributed by atoms with van der Waals surface area (Å²) in [5.74, 6) is -1.35. The number of rotatable bonds is 4. The third-order valence-electron chi connectivity index (χ3n) is 3.30. The average molecular weight is 248 g/mol. The maximum atomic E-state index is 13.0. The molecule has 0 radical (unpaired) electrons. The van der Waals surface area contributed by atoms with Gasteiger partial charge in [0, 0.05) is 5.54 Å². The molecule has 1 aliphatic rings. The summed E-state index contributed by atoms with van der Waals surface area (Å²) in [6.45, 7) is 0. The standard InChI is InChI=1S/C13H13FN2O2/c14-10-2-3-11(9(6-10)8-15)16-13(4-1-5-13)7-12(17)18/h2-3,6,16H,1,4-5,7H2,(H,17,18). The van der Waals surface area contributed by atoms with Gasteiger partial charge in [0.15, 0.2) is 0 Å². The molecule has 0 bridgehead atoms. The molecule has 0 saturated heterocycles. The molecule has 0 aliphatic heterocycles. The lowest BCUT2D eigenvalue weighted by molar-refractivity contribution is -0.138. The van der Waals surface area contributed by atoms with Crippen molar-refractivity contribution in [3.8, 4) is 6.07 Å². The Labute approximate surface area is 104 Å². The molecule has 0 spiro atoms. The summed E-state index contributed by atoms with van der Waals surface area (Å²) in [6, 6.07) is 5.80. The van der Waals surface area contributed by atoms with Gasteiger partial charge in [-0.05, 0) is 37.5 Å². The molecule has 2 N–H and O–H groups in total. The Bertz CT molecular complexity index is 518. The van der Waals surface area contributed by atoms with E-state index < -0.39 is 17.3 Å². The van der Waals surface area contributed by atoms with Gasteiger partial charge in [0.05, 0.1) is 17.7 Å². The SMILES string of the molecule is N#Cc1cc(F)ccc1NC1(CC(=O)O)CCC1. The van der Waals surface area contributed by atoms with Crippen molar-refractivity contribution in [3.05, 3.63) is 29.6 Å². The topological polar surface area (TPSA) is 73.1 Å². The number of halogens is 1. The summed E-state index contributed by atoms with van der Waals surface area (Å²) in [5.41, 5.74) is 0.210. The first kappa shape index (κ1) is 12.4. The molecular formula is C13H13FN2O2. The number of nitrogens with one attached hydrogen (secondary N) is 1. The van der Waals surface area contributed by atoms with Crippen LogP contribution < -0.4 is 5.32 Å². The van der Waals surface area contributed by atoms with Crippen LogP contribution in [0.25, 0.3) is 0 Å². The minimum Gasteiger partial charge on any atom is -0.481 e. The van der Waals surface area contributed by atoms with E-state index in [1.54, 1.807) is 0 Å². The minimum absolute atomic E-state index is 0.00917. The Morgan fingerprint density at radius 2 is 2.28 bits per heavy atom. The Balaban J connectivity index is 2.23. The molecular weight excluding hydrogens is 235 g/mol. The normalized spacial score (nSPS) is 16.4. The zero-order valence-electron chi connectivity index (χ0n) is 9.74. The van der Waals surface area contributed by atoms with Crippen molar-refractivity contribution in [2.45, 2.75) is 31.2 Å². The lowest BCUT2D eigenvalue weighted by atomic mass is 9.74. The van der Waals surface area contributed by atoms with Gasteiger partial charge in [0.25, 0.3) is 0 Å². The zero-order valence-corrected chi connectivity index (χ0v) is 9.74. The second-order valence-corrected chi connectivity index (χ2v) is 4.63. The first-order chi connectivity index (χ1) is 8.54. The molecule has 4 nitrogen and oxygen atoms in total. The molecule has 18 heavy (non-hydrogen) atoms. The summed E-state index contributed by atoms with van der Waals surface area (Å²) in [7, 11) is 0. The summed E-state index contributed by atoms with van der Waals surface area (Å²) < 4.78 is 13.0. The molecule has 0 heterocycles. The smallest absolute Gasteiger partial charge is 0.305 e. The lowest BCUT2D eigenvalue weighted by Crippen LogP contribution is -2.46. The molecule has 2 rings (SSSR count). The van der Waals surface area contributed by atoms with Gasteiger partial charge >= 0.3 is 5.97 Å². The van der Waals surface area contributed by atoms with Crippen LogP contribution in [-0.2, 0) is 4.79 Å². The Kier molecular flexibility index (Phi) is 3.19. The fraction of sp³-hybridized carbons (Fsp3) is 0.385. The van der Waals surface area contributed by atoms with E-state index in [1.165, 1.54) is 12.1 Å². The highest BCUT2D eigenvalue weighted by atomic mass is 19.1. The fourth-order valence-corrected chi connectivity index (χ4v) is 2.24. The number of anilines is 1. The number of carboxylic acid groups (broad SMARTS) is 1. The largest absolute Gasteiger partial charge is 0.481 e. The van der Waals surface area contributed by atoms with Crippen LogP contribution in [0.5, 0.6) is 0 Å². The van der Waals surface area contributed by atoms with Crippen LogP contribution in [0.15, 0.2) is 18.2 Å². The monoisotopic (exact) mass is 248 g/mol. The minimum atomic E-state index is -0.872. The highest BCUT2D eigenvalue weighted by molar-refractivity contribution is 5.70. The second kappa shape index (κ2) is 4.65. The van der Waals surface area contributed by atoms with Gasteiger partial charge in [-0.3, -0.25) is 4.79 Å². The van der Waals surface area contributed by atoms with Gasteiger partial charge in [0.1, 0.15) is 11.9 Å². The molecule has 0 aromatic heterocycles. The first-order valence-corrected chi connectivity index (χ1v) is 5.74. The van der Waals surface area contributed by atoms with Crippen molar-refractivity contribution < 1.29 is 14.3 Å². The number of nitriles is 1. The number of nitrogens with zero attached hydrogens (tertiary/aromatic N) is 1. The van der Waals surface area contributed by atoms with Crippen LogP contribution in [0, 0.1) is 17.1 Å². The number of benzene rings is 1. The molecule has 5 heteroatoms. The van der Waals surface area contributed by atoms with E-state index in [-0.39, 0.29) is 12.0 Å². The van der Waals surface area contributed by atoms with Crippen molar-refractivity contribution in [1.82, 2.24) is 0 Å². The second-order valence-electron chi connectivity index (χ2n) is 4.63. The van der Waals surface area contributed by atoms with E-state index in [1.807, 2.05) is 6.07 Å². The highest BCUT2D eigenvalue weighted by Gasteiger charge is 2.39. The van der Waals surface area contributed by atoms with Gasteiger partial charge in [-0.2, -0.15) is 5.26 Å². The van der Waals surface area contributed by atoms with Crippen LogP contribution >= 0.6 is 0 Å². The average Bonchev–Trinajstić information content (AvgIpc) is 2.27. The Hall–Kier alpha value is -2.09. The molecule has 0 amide bonds. The van der Waals surface area contributed by atoms with E-state index in [2.05, 4.69) is 5.32 Å². The number of hydrogen-bond acceptors (Lipinski definition) is 3. The predicted molar refractivity (Wildman–Crippen MR) is 63.6 cm³/mol. The zero-order chi connectivity index (χ0) is 13.2. The Morgan fingerprint density at radius 1 is 1.56 bits per heavy atom. The highest BCUT2D eigenvalue weighted by Crippen LogP contribution is 2.38. The molecule has 0 unspecified atom stereocenters. The lowest BCUT2D eigenvalue weighted by Gasteiger charge is -2.42. The van der Waals surface area contributed by atoms with Crippen LogP contribution in [0.3, 0.4) is 0 Å². The van der Waals surface area contributed by atoms with E-state index in [0.717, 1.165) is 25.3 Å². The summed E-state index contributed by atoms with van der Waals surface area (Å²) >= 11 is 0. The van der Waals surface area contributed by atoms with Crippen molar-refractivity contribution in [2.24, 2.45) is 0 Å². The number of hydrogen-bond donors (Lipinski definition) is 2. The quantitative estimate of drug-likeness (QED) is 0.858. The van der Waals surface area contributed by atoms with Gasteiger partial charge in [-0.15, -0.1) is 0 Å². The summed E-state index contributed by atoms with van der Waals surface area (Å²) in [4.78, 5) is 10.8. The predicted octanol–water partition coefficient (Wildman–Crippen LogP) is 2.51.